The Kier molecular flexibility index (Phi) is 3.71. The van der Waals surface area contributed by atoms with Crippen LogP contribution in [-0.4, -0.2) is 23.0 Å². The van der Waals surface area contributed by atoms with Gasteiger partial charge in [-0.1, -0.05) is 72.4 Å². The highest BCUT2D eigenvalue weighted by atomic mass is 32.2. The molecule has 7 rings (SSSR count). The van der Waals surface area contributed by atoms with Gasteiger partial charge in [-0.2, -0.15) is 5.10 Å². The van der Waals surface area contributed by atoms with Gasteiger partial charge < -0.3 is 5.32 Å². The average Bonchev–Trinajstić information content (AvgIpc) is 3.18. The van der Waals surface area contributed by atoms with E-state index in [2.05, 4.69) is 82.2 Å². The van der Waals surface area contributed by atoms with Gasteiger partial charge in [-0.3, -0.25) is 4.79 Å². The standard InChI is InChI=1S/C24H17N3OS/c28-21-13-29-24(26-21)27-25-12-14-9-10-19-20(11-14)23-17-7-3-1-5-15(17)22(19)16-6-2-4-8-18(16)23/h1-12,22-23H,13H2,(H,26,27,28). The highest BCUT2D eigenvalue weighted by Gasteiger charge is 2.40. The van der Waals surface area contributed by atoms with Crippen LogP contribution in [0, 0.1) is 0 Å². The Morgan fingerprint density at radius 1 is 0.828 bits per heavy atom. The molecule has 1 saturated heterocycles. The smallest absolute Gasteiger partial charge is 0.236 e. The van der Waals surface area contributed by atoms with Gasteiger partial charge in [0.05, 0.1) is 12.0 Å². The normalized spacial score (nSPS) is 22.5. The summed E-state index contributed by atoms with van der Waals surface area (Å²) in [7, 11) is 0. The maximum Gasteiger partial charge on any atom is 0.236 e. The van der Waals surface area contributed by atoms with Crippen LogP contribution in [0.25, 0.3) is 0 Å². The van der Waals surface area contributed by atoms with Crippen molar-refractivity contribution in [2.24, 2.45) is 10.2 Å². The summed E-state index contributed by atoms with van der Waals surface area (Å²) < 4.78 is 0. The molecule has 1 N–H and O–H groups in total. The predicted molar refractivity (Wildman–Crippen MR) is 117 cm³/mol. The van der Waals surface area contributed by atoms with Crippen molar-refractivity contribution in [2.45, 2.75) is 11.8 Å². The van der Waals surface area contributed by atoms with E-state index in [1.165, 1.54) is 45.1 Å². The lowest BCUT2D eigenvalue weighted by atomic mass is 9.61. The molecule has 5 heteroatoms. The molecular weight excluding hydrogens is 378 g/mol. The zero-order chi connectivity index (χ0) is 19.4. The molecule has 0 atom stereocenters. The number of amidine groups is 1. The summed E-state index contributed by atoms with van der Waals surface area (Å²) >= 11 is 1.38. The number of carbonyl (C=O) groups is 1. The molecular formula is C24H17N3OS. The highest BCUT2D eigenvalue weighted by molar-refractivity contribution is 8.15. The van der Waals surface area contributed by atoms with Gasteiger partial charge >= 0.3 is 0 Å². The first-order valence-corrected chi connectivity index (χ1v) is 10.6. The molecule has 0 aromatic heterocycles. The minimum absolute atomic E-state index is 0.0221. The van der Waals surface area contributed by atoms with Gasteiger partial charge in [-0.05, 0) is 45.0 Å². The van der Waals surface area contributed by atoms with Crippen molar-refractivity contribution in [3.8, 4) is 0 Å². The van der Waals surface area contributed by atoms with Gasteiger partial charge in [0, 0.05) is 11.8 Å². The molecule has 0 spiro atoms. The monoisotopic (exact) mass is 395 g/mol. The molecule has 3 aromatic rings. The van der Waals surface area contributed by atoms with Gasteiger partial charge in [-0.25, -0.2) is 0 Å². The van der Waals surface area contributed by atoms with Crippen LogP contribution in [-0.2, 0) is 4.79 Å². The first-order chi connectivity index (χ1) is 14.3. The predicted octanol–water partition coefficient (Wildman–Crippen LogP) is 4.23. The van der Waals surface area contributed by atoms with E-state index in [1.807, 2.05) is 0 Å². The summed E-state index contributed by atoms with van der Waals surface area (Å²) in [6.45, 7) is 0. The van der Waals surface area contributed by atoms with E-state index in [4.69, 9.17) is 0 Å². The molecule has 4 nitrogen and oxygen atoms in total. The Bertz CT molecular complexity index is 1180. The second-order valence-corrected chi connectivity index (χ2v) is 8.46. The molecule has 29 heavy (non-hydrogen) atoms. The Labute approximate surface area is 172 Å². The fraction of sp³-hybridized carbons (Fsp3) is 0.125. The lowest BCUT2D eigenvalue weighted by Gasteiger charge is -2.42. The third-order valence-corrected chi connectivity index (χ3v) is 6.77. The molecule has 0 radical (unpaired) electrons. The maximum absolute atomic E-state index is 11.3. The van der Waals surface area contributed by atoms with Crippen molar-refractivity contribution >= 4 is 29.1 Å². The number of nitrogens with one attached hydrogen (secondary N) is 1. The third kappa shape index (κ3) is 2.58. The fourth-order valence-corrected chi connectivity index (χ4v) is 5.42. The second kappa shape index (κ2) is 6.42. The molecule has 3 aliphatic carbocycles. The number of carbonyl (C=O) groups excluding carboxylic acids is 1. The number of amides is 1. The Morgan fingerprint density at radius 3 is 2.00 bits per heavy atom. The quantitative estimate of drug-likeness (QED) is 0.359. The topological polar surface area (TPSA) is 53.8 Å². The number of benzene rings is 3. The van der Waals surface area contributed by atoms with Crippen LogP contribution in [0.5, 0.6) is 0 Å². The van der Waals surface area contributed by atoms with Gasteiger partial charge in [0.15, 0.2) is 5.17 Å². The number of hydrogen-bond donors (Lipinski definition) is 1. The molecule has 2 bridgehead atoms. The molecule has 4 aliphatic rings. The molecule has 1 fully saturated rings. The molecule has 1 amide bonds. The van der Waals surface area contributed by atoms with Crippen molar-refractivity contribution in [1.82, 2.24) is 5.32 Å². The van der Waals surface area contributed by atoms with E-state index in [0.717, 1.165) is 5.56 Å². The van der Waals surface area contributed by atoms with Gasteiger partial charge in [-0.15, -0.1) is 5.10 Å². The van der Waals surface area contributed by atoms with Crippen LogP contribution in [0.3, 0.4) is 0 Å². The van der Waals surface area contributed by atoms with Crippen molar-refractivity contribution in [2.75, 3.05) is 5.75 Å². The first kappa shape index (κ1) is 16.7. The number of nitrogens with zero attached hydrogens (tertiary/aromatic N) is 2. The fourth-order valence-electron chi connectivity index (χ4n) is 4.79. The van der Waals surface area contributed by atoms with Gasteiger partial charge in [0.2, 0.25) is 5.91 Å². The van der Waals surface area contributed by atoms with E-state index in [9.17, 15) is 4.79 Å². The van der Waals surface area contributed by atoms with Crippen molar-refractivity contribution in [3.63, 3.8) is 0 Å². The van der Waals surface area contributed by atoms with E-state index in [1.54, 1.807) is 6.21 Å². The van der Waals surface area contributed by atoms with Crippen molar-refractivity contribution in [3.05, 3.63) is 106 Å². The highest BCUT2D eigenvalue weighted by Crippen LogP contribution is 2.55. The molecule has 1 heterocycles. The van der Waals surface area contributed by atoms with Gasteiger partial charge in [0.25, 0.3) is 0 Å². The number of rotatable bonds is 2. The third-order valence-electron chi connectivity index (χ3n) is 5.91. The summed E-state index contributed by atoms with van der Waals surface area (Å²) in [4.78, 5) is 11.3. The van der Waals surface area contributed by atoms with E-state index in [0.29, 0.717) is 16.8 Å². The largest absolute Gasteiger partial charge is 0.303 e. The molecule has 140 valence electrons. The Balaban J connectivity index is 1.43. The van der Waals surface area contributed by atoms with Crippen LogP contribution in [0.2, 0.25) is 0 Å². The summed E-state index contributed by atoms with van der Waals surface area (Å²) in [5.74, 6) is 0.936. The SMILES string of the molecule is O=C1CSC(=NN=Cc2ccc3c(c2)C2c4ccccc4C3c3ccccc32)N1. The van der Waals surface area contributed by atoms with Crippen LogP contribution < -0.4 is 5.32 Å². The summed E-state index contributed by atoms with van der Waals surface area (Å²) in [5.41, 5.74) is 9.41. The average molecular weight is 395 g/mol. The first-order valence-electron chi connectivity index (χ1n) is 9.65. The van der Waals surface area contributed by atoms with Crippen molar-refractivity contribution in [1.29, 1.82) is 0 Å². The van der Waals surface area contributed by atoms with Crippen LogP contribution >= 0.6 is 11.8 Å². The van der Waals surface area contributed by atoms with Crippen molar-refractivity contribution < 1.29 is 4.79 Å². The minimum atomic E-state index is -0.0221. The number of thioether (sulfide) groups is 1. The summed E-state index contributed by atoms with van der Waals surface area (Å²) in [6, 6.07) is 24.2. The zero-order valence-electron chi connectivity index (χ0n) is 15.5. The van der Waals surface area contributed by atoms with E-state index >= 15 is 0 Å². The molecule has 1 aliphatic heterocycles. The lowest BCUT2D eigenvalue weighted by molar-refractivity contribution is -0.116. The Hall–Kier alpha value is -3.18. The van der Waals surface area contributed by atoms with Crippen LogP contribution in [0.4, 0.5) is 0 Å². The van der Waals surface area contributed by atoms with E-state index in [-0.39, 0.29) is 11.8 Å². The van der Waals surface area contributed by atoms with Crippen LogP contribution in [0.15, 0.2) is 76.9 Å². The second-order valence-electron chi connectivity index (χ2n) is 7.50. The Morgan fingerprint density at radius 2 is 1.41 bits per heavy atom. The lowest BCUT2D eigenvalue weighted by Crippen LogP contribution is -2.27. The molecule has 0 saturated carbocycles. The molecule has 0 unspecified atom stereocenters. The summed E-state index contributed by atoms with van der Waals surface area (Å²) in [5, 5.41) is 11.6. The van der Waals surface area contributed by atoms with Gasteiger partial charge in [0.1, 0.15) is 0 Å². The zero-order valence-corrected chi connectivity index (χ0v) is 16.3. The minimum Gasteiger partial charge on any atom is -0.303 e. The summed E-state index contributed by atoms with van der Waals surface area (Å²) in [6.07, 6.45) is 1.76. The van der Waals surface area contributed by atoms with Crippen LogP contribution in [0.1, 0.15) is 50.8 Å². The van der Waals surface area contributed by atoms with E-state index < -0.39 is 0 Å². The molecule has 3 aromatic carbocycles. The number of hydrogen-bond acceptors (Lipinski definition) is 4. The maximum atomic E-state index is 11.3.